The molecule has 0 radical (unpaired) electrons. The lowest BCUT2D eigenvalue weighted by Gasteiger charge is -2.39. The average Bonchev–Trinajstić information content (AvgIpc) is 2.59. The van der Waals surface area contributed by atoms with E-state index in [9.17, 15) is 4.79 Å². The fraction of sp³-hybridized carbons (Fsp3) is 0.955. The molecule has 138 valence electrons. The van der Waals surface area contributed by atoms with Gasteiger partial charge in [-0.2, -0.15) is 0 Å². The Hall–Kier alpha value is -0.530. The van der Waals surface area contributed by atoms with E-state index in [0.717, 1.165) is 36.5 Å². The van der Waals surface area contributed by atoms with Crippen molar-refractivity contribution in [3.8, 4) is 0 Å². The van der Waals surface area contributed by atoms with Gasteiger partial charge in [-0.3, -0.25) is 4.79 Å². The quantitative estimate of drug-likeness (QED) is 0.590. The van der Waals surface area contributed by atoms with Gasteiger partial charge in [-0.15, -0.1) is 0 Å². The van der Waals surface area contributed by atoms with E-state index in [1.807, 2.05) is 6.92 Å². The summed E-state index contributed by atoms with van der Waals surface area (Å²) in [6.07, 6.45) is 15.2. The number of esters is 1. The van der Waals surface area contributed by atoms with Gasteiger partial charge in [0.25, 0.3) is 0 Å². The molecule has 0 aromatic heterocycles. The van der Waals surface area contributed by atoms with Crippen molar-refractivity contribution < 1.29 is 9.53 Å². The molecule has 1 saturated heterocycles. The minimum atomic E-state index is 0.0401. The van der Waals surface area contributed by atoms with Crippen molar-refractivity contribution in [3.05, 3.63) is 0 Å². The van der Waals surface area contributed by atoms with Gasteiger partial charge < -0.3 is 4.74 Å². The van der Waals surface area contributed by atoms with Crippen LogP contribution in [0.25, 0.3) is 0 Å². The first kappa shape index (κ1) is 18.3. The van der Waals surface area contributed by atoms with E-state index in [-0.39, 0.29) is 18.0 Å². The van der Waals surface area contributed by atoms with Crippen LogP contribution in [-0.4, -0.2) is 12.1 Å². The SMILES string of the molecule is CC1CCC(CC2CCC(C(C)C3CCC(C)C(=O)O3)CC2)CC1. The van der Waals surface area contributed by atoms with Gasteiger partial charge in [-0.1, -0.05) is 59.3 Å². The number of carbonyl (C=O) groups is 1. The Labute approximate surface area is 149 Å². The standard InChI is InChI=1S/C22H38O2/c1-15-4-7-18(8-5-15)14-19-9-11-20(12-10-19)17(3)21-13-6-16(2)22(23)24-21/h15-21H,4-14H2,1-3H3. The van der Waals surface area contributed by atoms with Crippen LogP contribution in [0.1, 0.15) is 91.4 Å². The smallest absolute Gasteiger partial charge is 0.308 e. The maximum absolute atomic E-state index is 11.9. The van der Waals surface area contributed by atoms with Gasteiger partial charge in [0.1, 0.15) is 6.10 Å². The zero-order valence-electron chi connectivity index (χ0n) is 16.1. The molecule has 3 atom stereocenters. The fourth-order valence-electron chi connectivity index (χ4n) is 5.52. The van der Waals surface area contributed by atoms with Gasteiger partial charge in [0.05, 0.1) is 5.92 Å². The normalized spacial score (nSPS) is 42.4. The molecule has 2 heteroatoms. The second kappa shape index (κ2) is 8.23. The molecule has 3 rings (SSSR count). The molecule has 24 heavy (non-hydrogen) atoms. The highest BCUT2D eigenvalue weighted by Gasteiger charge is 2.36. The molecule has 3 aliphatic rings. The summed E-state index contributed by atoms with van der Waals surface area (Å²) in [6, 6.07) is 0. The third-order valence-corrected chi connectivity index (χ3v) is 7.58. The third-order valence-electron chi connectivity index (χ3n) is 7.58. The molecule has 0 amide bonds. The number of hydrogen-bond acceptors (Lipinski definition) is 2. The summed E-state index contributed by atoms with van der Waals surface area (Å²) in [7, 11) is 0. The molecule has 0 bridgehead atoms. The molecular formula is C22H38O2. The van der Waals surface area contributed by atoms with Crippen molar-refractivity contribution in [1.29, 1.82) is 0 Å². The van der Waals surface area contributed by atoms with E-state index in [1.54, 1.807) is 0 Å². The first-order valence-corrected chi connectivity index (χ1v) is 10.7. The molecule has 0 aromatic carbocycles. The Kier molecular flexibility index (Phi) is 6.27. The molecule has 2 nitrogen and oxygen atoms in total. The summed E-state index contributed by atoms with van der Waals surface area (Å²) in [5.41, 5.74) is 0. The zero-order chi connectivity index (χ0) is 17.1. The number of ether oxygens (including phenoxy) is 1. The van der Waals surface area contributed by atoms with Crippen LogP contribution in [0.3, 0.4) is 0 Å². The van der Waals surface area contributed by atoms with Gasteiger partial charge in [0, 0.05) is 0 Å². The van der Waals surface area contributed by atoms with Crippen LogP contribution in [0.15, 0.2) is 0 Å². The van der Waals surface area contributed by atoms with E-state index in [0.29, 0.717) is 5.92 Å². The molecule has 1 aliphatic heterocycles. The Bertz CT molecular complexity index is 402. The predicted octanol–water partition coefficient (Wildman–Crippen LogP) is 5.99. The van der Waals surface area contributed by atoms with Crippen LogP contribution in [-0.2, 0) is 9.53 Å². The zero-order valence-corrected chi connectivity index (χ0v) is 16.1. The van der Waals surface area contributed by atoms with E-state index in [4.69, 9.17) is 4.74 Å². The van der Waals surface area contributed by atoms with Crippen LogP contribution < -0.4 is 0 Å². The van der Waals surface area contributed by atoms with Crippen molar-refractivity contribution >= 4 is 5.97 Å². The monoisotopic (exact) mass is 334 g/mol. The summed E-state index contributed by atoms with van der Waals surface area (Å²) in [5.74, 6) is 4.44. The number of cyclic esters (lactones) is 1. The van der Waals surface area contributed by atoms with Crippen LogP contribution in [0, 0.1) is 35.5 Å². The Morgan fingerprint density at radius 3 is 2.04 bits per heavy atom. The highest BCUT2D eigenvalue weighted by molar-refractivity contribution is 5.72. The highest BCUT2D eigenvalue weighted by Crippen LogP contribution is 2.42. The first-order valence-electron chi connectivity index (χ1n) is 10.7. The fourth-order valence-corrected chi connectivity index (χ4v) is 5.52. The molecular weight excluding hydrogens is 296 g/mol. The molecule has 2 saturated carbocycles. The van der Waals surface area contributed by atoms with Crippen LogP contribution in [0.4, 0.5) is 0 Å². The Balaban J connectivity index is 1.40. The maximum atomic E-state index is 11.9. The van der Waals surface area contributed by atoms with Crippen molar-refractivity contribution in [2.24, 2.45) is 35.5 Å². The topological polar surface area (TPSA) is 26.3 Å². The lowest BCUT2D eigenvalue weighted by Crippen LogP contribution is -2.37. The van der Waals surface area contributed by atoms with E-state index in [2.05, 4.69) is 13.8 Å². The molecule has 3 unspecified atom stereocenters. The summed E-state index contributed by atoms with van der Waals surface area (Å²) in [4.78, 5) is 11.9. The second-order valence-electron chi connectivity index (χ2n) is 9.46. The van der Waals surface area contributed by atoms with Gasteiger partial charge in [0.15, 0.2) is 0 Å². The maximum Gasteiger partial charge on any atom is 0.308 e. The van der Waals surface area contributed by atoms with E-state index in [1.165, 1.54) is 57.8 Å². The van der Waals surface area contributed by atoms with Crippen LogP contribution >= 0.6 is 0 Å². The van der Waals surface area contributed by atoms with Gasteiger partial charge in [0.2, 0.25) is 0 Å². The summed E-state index contributed by atoms with van der Waals surface area (Å²) in [6.45, 7) is 6.75. The Morgan fingerprint density at radius 1 is 0.875 bits per heavy atom. The molecule has 0 aromatic rings. The molecule has 2 aliphatic carbocycles. The molecule has 0 spiro atoms. The first-order chi connectivity index (χ1) is 11.5. The van der Waals surface area contributed by atoms with Crippen molar-refractivity contribution in [3.63, 3.8) is 0 Å². The van der Waals surface area contributed by atoms with Crippen LogP contribution in [0.5, 0.6) is 0 Å². The molecule has 1 heterocycles. The minimum Gasteiger partial charge on any atom is -0.462 e. The van der Waals surface area contributed by atoms with E-state index >= 15 is 0 Å². The van der Waals surface area contributed by atoms with E-state index < -0.39 is 0 Å². The molecule has 0 N–H and O–H groups in total. The Morgan fingerprint density at radius 2 is 1.46 bits per heavy atom. The van der Waals surface area contributed by atoms with Gasteiger partial charge in [-0.25, -0.2) is 0 Å². The summed E-state index contributed by atoms with van der Waals surface area (Å²) in [5, 5.41) is 0. The summed E-state index contributed by atoms with van der Waals surface area (Å²) < 4.78 is 5.73. The lowest BCUT2D eigenvalue weighted by atomic mass is 9.70. The number of carbonyl (C=O) groups excluding carboxylic acids is 1. The predicted molar refractivity (Wildman–Crippen MR) is 98.6 cm³/mol. The number of rotatable bonds is 4. The van der Waals surface area contributed by atoms with Crippen molar-refractivity contribution in [2.75, 3.05) is 0 Å². The second-order valence-corrected chi connectivity index (χ2v) is 9.46. The van der Waals surface area contributed by atoms with Gasteiger partial charge >= 0.3 is 5.97 Å². The largest absolute Gasteiger partial charge is 0.462 e. The highest BCUT2D eigenvalue weighted by atomic mass is 16.5. The van der Waals surface area contributed by atoms with Crippen LogP contribution in [0.2, 0.25) is 0 Å². The average molecular weight is 335 g/mol. The summed E-state index contributed by atoms with van der Waals surface area (Å²) >= 11 is 0. The van der Waals surface area contributed by atoms with Crippen molar-refractivity contribution in [1.82, 2.24) is 0 Å². The third kappa shape index (κ3) is 4.55. The minimum absolute atomic E-state index is 0.0401. The molecule has 3 fully saturated rings. The number of hydrogen-bond donors (Lipinski definition) is 0. The van der Waals surface area contributed by atoms with Gasteiger partial charge in [-0.05, 0) is 61.7 Å². The lowest BCUT2D eigenvalue weighted by molar-refractivity contribution is -0.164. The van der Waals surface area contributed by atoms with Crippen molar-refractivity contribution in [2.45, 2.75) is 97.5 Å².